The number of imidazole rings is 1. The minimum absolute atomic E-state index is 0.131. The number of carbonyl (C=O) groups excluding carboxylic acids is 2. The van der Waals surface area contributed by atoms with Gasteiger partial charge in [-0.3, -0.25) is 14.9 Å². The van der Waals surface area contributed by atoms with E-state index in [-0.39, 0.29) is 40.7 Å². The zero-order valence-electron chi connectivity index (χ0n) is 17.5. The molecule has 0 saturated carbocycles. The average Bonchev–Trinajstić information content (AvgIpc) is 3.53. The average molecular weight is 474 g/mol. The van der Waals surface area contributed by atoms with Crippen LogP contribution in [0, 0.1) is 11.3 Å². The maximum atomic E-state index is 12.9. The van der Waals surface area contributed by atoms with E-state index >= 15 is 0 Å². The summed E-state index contributed by atoms with van der Waals surface area (Å²) in [5.74, 6) is -0.581. The van der Waals surface area contributed by atoms with Gasteiger partial charge in [-0.15, -0.1) is 11.3 Å². The SMILES string of the molecule is N#CCC(=O)N1CCCC1Cn1c(NC(=O)c2ccc(C(F)F)s2)nc2cc(CO)ccc21. The molecule has 0 spiro atoms. The number of nitrogens with one attached hydrogen (secondary N) is 1. The van der Waals surface area contributed by atoms with Gasteiger partial charge in [0.25, 0.3) is 12.3 Å². The summed E-state index contributed by atoms with van der Waals surface area (Å²) < 4.78 is 27.6. The Balaban J connectivity index is 1.66. The van der Waals surface area contributed by atoms with Gasteiger partial charge in [-0.25, -0.2) is 13.8 Å². The van der Waals surface area contributed by atoms with Crippen LogP contribution < -0.4 is 5.32 Å². The molecule has 1 unspecified atom stereocenters. The number of anilines is 1. The van der Waals surface area contributed by atoms with Gasteiger partial charge in [0.1, 0.15) is 6.42 Å². The standard InChI is InChI=1S/C22H21F2N5O3S/c23-20(24)17-5-6-18(33-17)21(32)27-22-26-15-10-13(12-30)3-4-16(15)29(22)11-14-2-1-9-28(14)19(31)7-8-25/h3-6,10,14,20,30H,1-2,7,9,11-12H2,(H,26,27,32). The van der Waals surface area contributed by atoms with Gasteiger partial charge in [0.2, 0.25) is 11.9 Å². The fourth-order valence-electron chi connectivity index (χ4n) is 4.04. The van der Waals surface area contributed by atoms with Gasteiger partial charge in [-0.05, 0) is 42.7 Å². The minimum Gasteiger partial charge on any atom is -0.392 e. The Bertz CT molecular complexity index is 1230. The summed E-state index contributed by atoms with van der Waals surface area (Å²) in [5, 5.41) is 21.1. The molecule has 1 aromatic carbocycles. The molecule has 11 heteroatoms. The van der Waals surface area contributed by atoms with Crippen LogP contribution in [0.5, 0.6) is 0 Å². The number of aliphatic hydroxyl groups is 1. The predicted octanol–water partition coefficient (Wildman–Crippen LogP) is 3.68. The first-order chi connectivity index (χ1) is 15.9. The lowest BCUT2D eigenvalue weighted by molar-refractivity contribution is -0.131. The zero-order valence-corrected chi connectivity index (χ0v) is 18.3. The van der Waals surface area contributed by atoms with Crippen molar-refractivity contribution in [2.75, 3.05) is 11.9 Å². The number of aliphatic hydroxyl groups excluding tert-OH is 1. The number of fused-ring (bicyclic) bond motifs is 1. The maximum absolute atomic E-state index is 12.9. The summed E-state index contributed by atoms with van der Waals surface area (Å²) in [4.78, 5) is 31.2. The molecule has 172 valence electrons. The van der Waals surface area contributed by atoms with Crippen LogP contribution in [0.25, 0.3) is 11.0 Å². The largest absolute Gasteiger partial charge is 0.392 e. The normalized spacial score (nSPS) is 15.8. The molecule has 33 heavy (non-hydrogen) atoms. The molecule has 3 aromatic rings. The van der Waals surface area contributed by atoms with Gasteiger partial charge < -0.3 is 14.6 Å². The molecule has 1 atom stereocenters. The highest BCUT2D eigenvalue weighted by atomic mass is 32.1. The zero-order chi connectivity index (χ0) is 23.5. The van der Waals surface area contributed by atoms with Crippen LogP contribution in [-0.2, 0) is 17.9 Å². The fraction of sp³-hybridized carbons (Fsp3) is 0.364. The second kappa shape index (κ2) is 9.64. The van der Waals surface area contributed by atoms with Crippen molar-refractivity contribution in [2.45, 2.75) is 44.9 Å². The lowest BCUT2D eigenvalue weighted by Crippen LogP contribution is -2.38. The maximum Gasteiger partial charge on any atom is 0.272 e. The summed E-state index contributed by atoms with van der Waals surface area (Å²) in [6.45, 7) is 0.726. The van der Waals surface area contributed by atoms with Crippen molar-refractivity contribution in [1.29, 1.82) is 5.26 Å². The van der Waals surface area contributed by atoms with Crippen LogP contribution in [0.15, 0.2) is 30.3 Å². The molecule has 1 fully saturated rings. The Hall–Kier alpha value is -3.36. The molecule has 2 N–H and O–H groups in total. The highest BCUT2D eigenvalue weighted by molar-refractivity contribution is 7.14. The topological polar surface area (TPSA) is 111 Å². The first-order valence-electron chi connectivity index (χ1n) is 10.4. The van der Waals surface area contributed by atoms with Crippen molar-refractivity contribution in [2.24, 2.45) is 0 Å². The Morgan fingerprint density at radius 2 is 2.15 bits per heavy atom. The number of thiophene rings is 1. The first kappa shape index (κ1) is 22.8. The van der Waals surface area contributed by atoms with Gasteiger partial charge in [-0.2, -0.15) is 5.26 Å². The van der Waals surface area contributed by atoms with Crippen molar-refractivity contribution in [1.82, 2.24) is 14.5 Å². The summed E-state index contributed by atoms with van der Waals surface area (Å²) in [6, 6.07) is 9.50. The van der Waals surface area contributed by atoms with Gasteiger partial charge in [0.15, 0.2) is 0 Å². The Labute approximate surface area is 192 Å². The number of benzene rings is 1. The van der Waals surface area contributed by atoms with Gasteiger partial charge in [0.05, 0.1) is 33.5 Å². The van der Waals surface area contributed by atoms with E-state index < -0.39 is 12.3 Å². The van der Waals surface area contributed by atoms with Crippen LogP contribution in [0.2, 0.25) is 0 Å². The van der Waals surface area contributed by atoms with Gasteiger partial charge in [-0.1, -0.05) is 6.07 Å². The van der Waals surface area contributed by atoms with E-state index in [0.29, 0.717) is 41.0 Å². The van der Waals surface area contributed by atoms with Crippen molar-refractivity contribution in [3.8, 4) is 6.07 Å². The molecule has 3 heterocycles. The summed E-state index contributed by atoms with van der Waals surface area (Å²) in [6.07, 6.45) is -1.31. The van der Waals surface area contributed by atoms with Crippen LogP contribution in [0.3, 0.4) is 0 Å². The Morgan fingerprint density at radius 3 is 2.85 bits per heavy atom. The molecule has 0 aliphatic carbocycles. The number of nitrogens with zero attached hydrogens (tertiary/aromatic N) is 4. The third-order valence-corrected chi connectivity index (χ3v) is 6.70. The van der Waals surface area contributed by atoms with E-state index in [1.54, 1.807) is 27.7 Å². The molecular formula is C22H21F2N5O3S. The lowest BCUT2D eigenvalue weighted by Gasteiger charge is -2.25. The Morgan fingerprint density at radius 1 is 1.33 bits per heavy atom. The molecule has 0 radical (unpaired) electrons. The molecular weight excluding hydrogens is 452 g/mol. The quantitative estimate of drug-likeness (QED) is 0.544. The smallest absolute Gasteiger partial charge is 0.272 e. The monoisotopic (exact) mass is 473 g/mol. The van der Waals surface area contributed by atoms with E-state index in [1.807, 2.05) is 6.07 Å². The van der Waals surface area contributed by atoms with Crippen LogP contribution in [0.1, 0.15) is 45.8 Å². The number of hydrogen-bond acceptors (Lipinski definition) is 6. The summed E-state index contributed by atoms with van der Waals surface area (Å²) in [7, 11) is 0. The molecule has 0 bridgehead atoms. The number of hydrogen-bond donors (Lipinski definition) is 2. The van der Waals surface area contributed by atoms with Crippen LogP contribution in [0.4, 0.5) is 14.7 Å². The number of carbonyl (C=O) groups is 2. The van der Waals surface area contributed by atoms with Crippen molar-refractivity contribution in [3.05, 3.63) is 45.6 Å². The third-order valence-electron chi connectivity index (χ3n) is 5.61. The Kier molecular flexibility index (Phi) is 6.67. The number of halogens is 2. The van der Waals surface area contributed by atoms with Gasteiger partial charge in [0, 0.05) is 19.1 Å². The summed E-state index contributed by atoms with van der Waals surface area (Å²) >= 11 is 0.714. The number of aromatic nitrogens is 2. The predicted molar refractivity (Wildman–Crippen MR) is 118 cm³/mol. The second-order valence-electron chi connectivity index (χ2n) is 7.70. The second-order valence-corrected chi connectivity index (χ2v) is 8.82. The summed E-state index contributed by atoms with van der Waals surface area (Å²) in [5.41, 5.74) is 1.89. The number of alkyl halides is 2. The van der Waals surface area contributed by atoms with Crippen LogP contribution >= 0.6 is 11.3 Å². The lowest BCUT2D eigenvalue weighted by atomic mass is 10.2. The first-order valence-corrected chi connectivity index (χ1v) is 11.2. The molecule has 8 nitrogen and oxygen atoms in total. The highest BCUT2D eigenvalue weighted by Crippen LogP contribution is 2.29. The number of nitriles is 1. The molecule has 2 amide bonds. The molecule has 1 aliphatic heterocycles. The molecule has 1 saturated heterocycles. The van der Waals surface area contributed by atoms with E-state index in [2.05, 4.69) is 10.3 Å². The minimum atomic E-state index is -2.66. The van der Waals surface area contributed by atoms with Crippen LogP contribution in [-0.4, -0.2) is 44.0 Å². The van der Waals surface area contributed by atoms with E-state index in [4.69, 9.17) is 5.26 Å². The number of likely N-dealkylation sites (tertiary alicyclic amines) is 1. The highest BCUT2D eigenvalue weighted by Gasteiger charge is 2.30. The number of amides is 2. The van der Waals surface area contributed by atoms with Crippen molar-refractivity contribution < 1.29 is 23.5 Å². The van der Waals surface area contributed by atoms with Crippen molar-refractivity contribution in [3.63, 3.8) is 0 Å². The molecule has 4 rings (SSSR count). The van der Waals surface area contributed by atoms with Crippen molar-refractivity contribution >= 4 is 40.1 Å². The van der Waals surface area contributed by atoms with E-state index in [1.165, 1.54) is 12.1 Å². The van der Waals surface area contributed by atoms with E-state index in [9.17, 15) is 23.5 Å². The van der Waals surface area contributed by atoms with E-state index in [0.717, 1.165) is 12.8 Å². The molecule has 1 aliphatic rings. The fourth-order valence-corrected chi connectivity index (χ4v) is 4.80. The molecule has 2 aromatic heterocycles. The van der Waals surface area contributed by atoms with Gasteiger partial charge >= 0.3 is 0 Å². The third kappa shape index (κ3) is 4.72. The number of rotatable bonds is 7.